The Morgan fingerprint density at radius 2 is 1.94 bits per heavy atom. The summed E-state index contributed by atoms with van der Waals surface area (Å²) in [6.07, 6.45) is 4.36. The van der Waals surface area contributed by atoms with Gasteiger partial charge in [-0.15, -0.1) is 0 Å². The summed E-state index contributed by atoms with van der Waals surface area (Å²) in [6.45, 7) is 10.6. The molecular weight excluding hydrogens is 222 g/mol. The quantitative estimate of drug-likeness (QED) is 0.804. The Bertz CT molecular complexity index is 359. The van der Waals surface area contributed by atoms with Crippen LogP contribution in [-0.4, -0.2) is 24.6 Å². The van der Waals surface area contributed by atoms with E-state index >= 15 is 0 Å². The fraction of sp³-hybridized carbons (Fsp3) is 0.667. The first-order valence-corrected chi connectivity index (χ1v) is 7.03. The maximum atomic E-state index is 4.42. The number of hydrogen-bond acceptors (Lipinski definition) is 3. The molecule has 1 heterocycles. The number of nitrogens with zero attached hydrogens (tertiary/aromatic N) is 2. The third-order valence-electron chi connectivity index (χ3n) is 3.53. The maximum Gasteiger partial charge on any atom is 0.0445 e. The number of anilines is 1. The summed E-state index contributed by atoms with van der Waals surface area (Å²) in [5.41, 5.74) is 3.69. The molecule has 0 spiro atoms. The van der Waals surface area contributed by atoms with Crippen LogP contribution in [0.3, 0.4) is 0 Å². The molecule has 3 nitrogen and oxygen atoms in total. The molecule has 1 rings (SSSR count). The fourth-order valence-corrected chi connectivity index (χ4v) is 2.33. The van der Waals surface area contributed by atoms with Gasteiger partial charge in [0.1, 0.15) is 0 Å². The Hall–Kier alpha value is -1.09. The van der Waals surface area contributed by atoms with Crippen molar-refractivity contribution in [3.8, 4) is 0 Å². The van der Waals surface area contributed by atoms with Crippen molar-refractivity contribution >= 4 is 5.69 Å². The molecule has 0 radical (unpaired) electrons. The van der Waals surface area contributed by atoms with Gasteiger partial charge in [-0.1, -0.05) is 20.8 Å². The molecule has 0 saturated carbocycles. The molecule has 0 aliphatic rings. The zero-order valence-electron chi connectivity index (χ0n) is 12.5. The molecule has 0 bridgehead atoms. The van der Waals surface area contributed by atoms with E-state index in [-0.39, 0.29) is 0 Å². The molecule has 0 atom stereocenters. The number of aryl methyl sites for hydroxylation is 1. The second kappa shape index (κ2) is 7.37. The molecule has 1 aromatic heterocycles. The van der Waals surface area contributed by atoms with Gasteiger partial charge in [-0.3, -0.25) is 4.98 Å². The zero-order valence-corrected chi connectivity index (χ0v) is 12.5. The molecule has 0 aliphatic carbocycles. The SMILES string of the molecule is CCNCc1cnc(C)cc1N(C)C(CC)CC. The van der Waals surface area contributed by atoms with Crippen LogP contribution in [0.1, 0.15) is 44.9 Å². The van der Waals surface area contributed by atoms with Crippen LogP contribution in [0.5, 0.6) is 0 Å². The lowest BCUT2D eigenvalue weighted by Gasteiger charge is -2.30. The van der Waals surface area contributed by atoms with E-state index in [0.29, 0.717) is 6.04 Å². The minimum Gasteiger partial charge on any atom is -0.371 e. The maximum absolute atomic E-state index is 4.42. The summed E-state index contributed by atoms with van der Waals surface area (Å²) in [4.78, 5) is 6.82. The lowest BCUT2D eigenvalue weighted by Crippen LogP contribution is -2.31. The van der Waals surface area contributed by atoms with E-state index in [4.69, 9.17) is 0 Å². The largest absolute Gasteiger partial charge is 0.371 e. The van der Waals surface area contributed by atoms with Crippen molar-refractivity contribution in [2.24, 2.45) is 0 Å². The van der Waals surface area contributed by atoms with Crippen LogP contribution in [0.4, 0.5) is 5.69 Å². The molecule has 0 fully saturated rings. The molecule has 102 valence electrons. The lowest BCUT2D eigenvalue weighted by atomic mass is 10.1. The van der Waals surface area contributed by atoms with E-state index < -0.39 is 0 Å². The van der Waals surface area contributed by atoms with Gasteiger partial charge < -0.3 is 10.2 Å². The zero-order chi connectivity index (χ0) is 13.5. The van der Waals surface area contributed by atoms with E-state index in [1.54, 1.807) is 0 Å². The minimum atomic E-state index is 0.604. The van der Waals surface area contributed by atoms with Crippen molar-refractivity contribution in [3.63, 3.8) is 0 Å². The van der Waals surface area contributed by atoms with E-state index in [1.807, 2.05) is 6.20 Å². The summed E-state index contributed by atoms with van der Waals surface area (Å²) in [6, 6.07) is 2.80. The number of nitrogens with one attached hydrogen (secondary N) is 1. The Morgan fingerprint density at radius 1 is 1.28 bits per heavy atom. The van der Waals surface area contributed by atoms with Gasteiger partial charge >= 0.3 is 0 Å². The number of aromatic nitrogens is 1. The van der Waals surface area contributed by atoms with Crippen molar-refractivity contribution in [3.05, 3.63) is 23.5 Å². The van der Waals surface area contributed by atoms with Crippen LogP contribution in [0.2, 0.25) is 0 Å². The second-order valence-electron chi connectivity index (χ2n) is 4.82. The highest BCUT2D eigenvalue weighted by Gasteiger charge is 2.15. The van der Waals surface area contributed by atoms with Crippen LogP contribution in [0, 0.1) is 6.92 Å². The monoisotopic (exact) mass is 249 g/mol. The van der Waals surface area contributed by atoms with E-state index in [1.165, 1.54) is 24.1 Å². The van der Waals surface area contributed by atoms with Gasteiger partial charge in [0, 0.05) is 42.8 Å². The molecule has 3 heteroatoms. The second-order valence-corrected chi connectivity index (χ2v) is 4.82. The van der Waals surface area contributed by atoms with E-state index in [0.717, 1.165) is 18.8 Å². The number of rotatable bonds is 7. The molecule has 1 N–H and O–H groups in total. The third kappa shape index (κ3) is 3.70. The Morgan fingerprint density at radius 3 is 2.50 bits per heavy atom. The van der Waals surface area contributed by atoms with Crippen molar-refractivity contribution in [2.75, 3.05) is 18.5 Å². The third-order valence-corrected chi connectivity index (χ3v) is 3.53. The Kier molecular flexibility index (Phi) is 6.13. The molecule has 0 aromatic carbocycles. The average Bonchev–Trinajstić information content (AvgIpc) is 2.38. The molecule has 0 aliphatic heterocycles. The van der Waals surface area contributed by atoms with Gasteiger partial charge in [0.15, 0.2) is 0 Å². The highest BCUT2D eigenvalue weighted by atomic mass is 15.1. The molecule has 0 amide bonds. The van der Waals surface area contributed by atoms with Gasteiger partial charge in [-0.25, -0.2) is 0 Å². The van der Waals surface area contributed by atoms with Crippen molar-refractivity contribution in [1.29, 1.82) is 0 Å². The summed E-state index contributed by atoms with van der Waals surface area (Å²) in [5.74, 6) is 0. The van der Waals surface area contributed by atoms with Gasteiger partial charge in [0.25, 0.3) is 0 Å². The topological polar surface area (TPSA) is 28.2 Å². The first-order valence-electron chi connectivity index (χ1n) is 7.03. The molecule has 18 heavy (non-hydrogen) atoms. The smallest absolute Gasteiger partial charge is 0.0445 e. The van der Waals surface area contributed by atoms with Gasteiger partial charge in [0.05, 0.1) is 0 Å². The van der Waals surface area contributed by atoms with Crippen molar-refractivity contribution < 1.29 is 0 Å². The highest BCUT2D eigenvalue weighted by molar-refractivity contribution is 5.53. The van der Waals surface area contributed by atoms with Crippen molar-refractivity contribution in [2.45, 2.75) is 53.1 Å². The summed E-state index contributed by atoms with van der Waals surface area (Å²) < 4.78 is 0. The first-order chi connectivity index (χ1) is 8.63. The van der Waals surface area contributed by atoms with Crippen LogP contribution in [-0.2, 0) is 6.54 Å². The molecule has 0 unspecified atom stereocenters. The van der Waals surface area contributed by atoms with Gasteiger partial charge in [0.2, 0.25) is 0 Å². The summed E-state index contributed by atoms with van der Waals surface area (Å²) >= 11 is 0. The fourth-order valence-electron chi connectivity index (χ4n) is 2.33. The average molecular weight is 249 g/mol. The van der Waals surface area contributed by atoms with Crippen LogP contribution in [0.25, 0.3) is 0 Å². The molecular formula is C15H27N3. The minimum absolute atomic E-state index is 0.604. The van der Waals surface area contributed by atoms with E-state index in [2.05, 4.69) is 56.0 Å². The Balaban J connectivity index is 2.99. The normalized spacial score (nSPS) is 11.0. The first kappa shape index (κ1) is 15.0. The van der Waals surface area contributed by atoms with Crippen molar-refractivity contribution in [1.82, 2.24) is 10.3 Å². The number of hydrogen-bond donors (Lipinski definition) is 1. The Labute approximate surface area is 112 Å². The number of pyridine rings is 1. The predicted octanol–water partition coefficient (Wildman–Crippen LogP) is 3.12. The van der Waals surface area contributed by atoms with Crippen LogP contribution >= 0.6 is 0 Å². The highest BCUT2D eigenvalue weighted by Crippen LogP contribution is 2.23. The standard InChI is InChI=1S/C15H27N3/c1-6-14(7-2)18(5)15-9-12(4)17-11-13(15)10-16-8-3/h9,11,14,16H,6-8,10H2,1-5H3. The van der Waals surface area contributed by atoms with Gasteiger partial charge in [-0.05, 0) is 32.4 Å². The van der Waals surface area contributed by atoms with Gasteiger partial charge in [-0.2, -0.15) is 0 Å². The lowest BCUT2D eigenvalue weighted by molar-refractivity contribution is 0.587. The van der Waals surface area contributed by atoms with Crippen LogP contribution in [0.15, 0.2) is 12.3 Å². The molecule has 1 aromatic rings. The van der Waals surface area contributed by atoms with Crippen LogP contribution < -0.4 is 10.2 Å². The molecule has 0 saturated heterocycles. The predicted molar refractivity (Wildman–Crippen MR) is 79.1 cm³/mol. The van der Waals surface area contributed by atoms with E-state index in [9.17, 15) is 0 Å². The summed E-state index contributed by atoms with van der Waals surface area (Å²) in [5, 5.41) is 3.39. The summed E-state index contributed by atoms with van der Waals surface area (Å²) in [7, 11) is 2.20.